The number of nitrogens with zero attached hydrogens (tertiary/aromatic N) is 2. The molecular weight excluding hydrogens is 1000 g/mol. The van der Waals surface area contributed by atoms with Gasteiger partial charge in [0.25, 0.3) is 23.6 Å². The number of hydrogen-bond donors (Lipinski definition) is 4. The van der Waals surface area contributed by atoms with E-state index < -0.39 is 0 Å². The molecule has 0 fully saturated rings. The Morgan fingerprint density at radius 3 is 1.09 bits per heavy atom. The fourth-order valence-corrected chi connectivity index (χ4v) is 9.43. The van der Waals surface area contributed by atoms with Crippen LogP contribution in [0.2, 0.25) is 0 Å². The Kier molecular flexibility index (Phi) is 27.8. The summed E-state index contributed by atoms with van der Waals surface area (Å²) in [7, 11) is 7.81. The summed E-state index contributed by atoms with van der Waals surface area (Å²) in [6.07, 6.45) is 9.19. The van der Waals surface area contributed by atoms with Gasteiger partial charge < -0.3 is 50.0 Å². The summed E-state index contributed by atoms with van der Waals surface area (Å²) in [5.41, 5.74) is 12.7. The number of hydrogen-bond acceptors (Lipinski definition) is 10. The fourth-order valence-electron chi connectivity index (χ4n) is 9.43. The lowest BCUT2D eigenvalue weighted by molar-refractivity contribution is -0.123. The summed E-state index contributed by atoms with van der Waals surface area (Å²) in [4.78, 5) is 57.4. The van der Waals surface area contributed by atoms with E-state index in [0.717, 1.165) is 90.7 Å². The van der Waals surface area contributed by atoms with E-state index in [4.69, 9.17) is 18.9 Å². The molecule has 0 spiro atoms. The molecule has 4 N–H and O–H groups in total. The van der Waals surface area contributed by atoms with Crippen molar-refractivity contribution in [2.24, 2.45) is 0 Å². The third kappa shape index (κ3) is 22.2. The summed E-state index contributed by atoms with van der Waals surface area (Å²) >= 11 is 0. The first-order valence-corrected chi connectivity index (χ1v) is 28.2. The molecule has 0 aliphatic rings. The van der Waals surface area contributed by atoms with Gasteiger partial charge >= 0.3 is 0 Å². The van der Waals surface area contributed by atoms with Crippen molar-refractivity contribution in [1.29, 1.82) is 0 Å². The number of allylic oxidation sites excluding steroid dienone is 4. The highest BCUT2D eigenvalue weighted by Crippen LogP contribution is 2.39. The number of carbonyl (C=O) groups excluding carboxylic acids is 4. The number of rotatable bonds is 37. The predicted molar refractivity (Wildman–Crippen MR) is 325 cm³/mol. The molecule has 0 atom stereocenters. The van der Waals surface area contributed by atoms with Gasteiger partial charge in [0, 0.05) is 58.5 Å². The molecule has 0 aliphatic heterocycles. The summed E-state index contributed by atoms with van der Waals surface area (Å²) < 4.78 is 26.5. The lowest BCUT2D eigenvalue weighted by Gasteiger charge is -2.23. The molecule has 0 heterocycles. The largest absolute Gasteiger partial charge is 0.483 e. The van der Waals surface area contributed by atoms with Crippen LogP contribution in [0.1, 0.15) is 114 Å². The van der Waals surface area contributed by atoms with Gasteiger partial charge in [-0.25, -0.2) is 0 Å². The van der Waals surface area contributed by atoms with Crippen molar-refractivity contribution in [2.75, 3.05) is 93.9 Å². The molecule has 0 saturated carbocycles. The monoisotopic (exact) mass is 1100 g/mol. The molecule has 4 amide bonds. The van der Waals surface area contributed by atoms with E-state index in [1.54, 1.807) is 0 Å². The maximum atomic E-state index is 13.7. The lowest BCUT2D eigenvalue weighted by atomic mass is 9.89. The molecule has 0 aliphatic carbocycles. The molecule has 14 heteroatoms. The Hall–Kier alpha value is -7.16. The van der Waals surface area contributed by atoms with Crippen LogP contribution in [0.15, 0.2) is 98.1 Å². The lowest BCUT2D eigenvalue weighted by Crippen LogP contribution is -2.34. The van der Waals surface area contributed by atoms with Crippen molar-refractivity contribution in [2.45, 2.75) is 106 Å². The summed E-state index contributed by atoms with van der Waals surface area (Å²) in [5, 5.41) is 11.9. The number of ether oxygens (including phenoxy) is 4. The first-order chi connectivity index (χ1) is 38.3. The number of aryl methyl sites for hydroxylation is 2. The van der Waals surface area contributed by atoms with E-state index in [1.807, 2.05) is 84.8 Å². The Morgan fingerprint density at radius 2 is 0.762 bits per heavy atom. The first kappa shape index (κ1) is 65.4. The number of benzene rings is 4. The van der Waals surface area contributed by atoms with E-state index >= 15 is 0 Å². The van der Waals surface area contributed by atoms with Crippen LogP contribution >= 0.6 is 0 Å². The zero-order chi connectivity index (χ0) is 58.7. The smallest absolute Gasteiger partial charge is 0.257 e. The second kappa shape index (κ2) is 34.1. The maximum Gasteiger partial charge on any atom is 0.257 e. The van der Waals surface area contributed by atoms with Crippen LogP contribution in [0.5, 0.6) is 23.0 Å². The Bertz CT molecular complexity index is 2780. The third-order valence-electron chi connectivity index (χ3n) is 12.9. The standard InChI is InChI=1S/C66H92N6O8/c1-15-20-48-30-47(10)63(77-41-61(75)69-24-26-71(11)12)53(31-48)38-57-36-51(29-46(8)9)37-58(66(57)79-43-60(74)68-23-18-4)40-55-33-49(21-16-2)32-54(65(55)80-44-62(76)70-25-27-72(13)14)39-56-35-50(28-45(6)7)34-52(19-5)64(56)78-42-59(73)67-22-17-3/h15-16,30-37H,1-2,6,8,17-29,38-44H2,3-5,7,9-14H3,(H,67,73)(H,68,74)(H,69,75)(H,70,76). The quantitative estimate of drug-likeness (QED) is 0.0321. The van der Waals surface area contributed by atoms with Gasteiger partial charge in [0.1, 0.15) is 23.0 Å². The fraction of sp³-hybridized carbons (Fsp3) is 0.455. The van der Waals surface area contributed by atoms with Crippen molar-refractivity contribution >= 4 is 23.6 Å². The van der Waals surface area contributed by atoms with Gasteiger partial charge in [-0.1, -0.05) is 106 Å². The Balaban J connectivity index is 2.05. The topological polar surface area (TPSA) is 160 Å². The minimum Gasteiger partial charge on any atom is -0.483 e. The average Bonchev–Trinajstić information content (AvgIpc) is 3.40. The second-order valence-corrected chi connectivity index (χ2v) is 21.4. The zero-order valence-corrected chi connectivity index (χ0v) is 49.9. The minimum atomic E-state index is -0.274. The molecule has 434 valence electrons. The molecule has 4 aromatic carbocycles. The van der Waals surface area contributed by atoms with Crippen molar-refractivity contribution in [3.8, 4) is 23.0 Å². The van der Waals surface area contributed by atoms with Crippen LogP contribution in [0.4, 0.5) is 0 Å². The molecule has 4 aromatic rings. The van der Waals surface area contributed by atoms with Crippen LogP contribution in [-0.4, -0.2) is 127 Å². The van der Waals surface area contributed by atoms with Gasteiger partial charge in [0.2, 0.25) is 0 Å². The summed E-state index contributed by atoms with van der Waals surface area (Å²) in [6.45, 7) is 31.2. The van der Waals surface area contributed by atoms with Crippen LogP contribution in [0, 0.1) is 6.92 Å². The number of nitrogens with one attached hydrogen (secondary N) is 4. The van der Waals surface area contributed by atoms with Gasteiger partial charge in [0.05, 0.1) is 0 Å². The Morgan fingerprint density at radius 1 is 0.463 bits per heavy atom. The van der Waals surface area contributed by atoms with Gasteiger partial charge in [-0.3, -0.25) is 19.2 Å². The zero-order valence-electron chi connectivity index (χ0n) is 49.9. The van der Waals surface area contributed by atoms with E-state index in [1.165, 1.54) is 0 Å². The Labute approximate surface area is 478 Å². The molecular formula is C66H92N6O8. The maximum absolute atomic E-state index is 13.7. The highest BCUT2D eigenvalue weighted by atomic mass is 16.5. The van der Waals surface area contributed by atoms with Crippen molar-refractivity contribution in [3.63, 3.8) is 0 Å². The normalized spacial score (nSPS) is 11.0. The van der Waals surface area contributed by atoms with Gasteiger partial charge in [-0.2, -0.15) is 0 Å². The number of amides is 4. The SMILES string of the molecule is C=CCc1cc(C)c(OCC(=O)NCCN(C)C)c(Cc2cc(CC(=C)C)cc(Cc3cc(CC=C)cc(Cc4cc(CC(=C)C)cc(CC)c4OCC(=O)NCCC)c3OCC(=O)NCCN(C)C)c2OCC(=O)NCCC)c1. The molecule has 80 heavy (non-hydrogen) atoms. The molecule has 0 bridgehead atoms. The van der Waals surface area contributed by atoms with Crippen LogP contribution in [-0.2, 0) is 70.5 Å². The van der Waals surface area contributed by atoms with Gasteiger partial charge in [-0.05, 0) is 161 Å². The summed E-state index contributed by atoms with van der Waals surface area (Å²) in [5.74, 6) is 1.27. The minimum absolute atomic E-state index is 0.154. The van der Waals surface area contributed by atoms with Crippen molar-refractivity contribution < 1.29 is 38.1 Å². The van der Waals surface area contributed by atoms with Gasteiger partial charge in [-0.15, -0.1) is 13.2 Å². The van der Waals surface area contributed by atoms with E-state index in [2.05, 4.69) is 103 Å². The molecule has 0 aromatic heterocycles. The molecule has 0 radical (unpaired) electrons. The molecule has 4 rings (SSSR count). The number of carbonyl (C=O) groups is 4. The van der Waals surface area contributed by atoms with Crippen molar-refractivity contribution in [3.05, 3.63) is 165 Å². The molecule has 14 nitrogen and oxygen atoms in total. The molecule has 0 saturated heterocycles. The second-order valence-electron chi connectivity index (χ2n) is 21.4. The summed E-state index contributed by atoms with van der Waals surface area (Å²) in [6, 6.07) is 16.8. The van der Waals surface area contributed by atoms with Crippen LogP contribution in [0.25, 0.3) is 0 Å². The number of likely N-dealkylation sites (N-methyl/N-ethyl adjacent to an activating group) is 2. The first-order valence-electron chi connectivity index (χ1n) is 28.2. The van der Waals surface area contributed by atoms with Gasteiger partial charge in [0.15, 0.2) is 26.4 Å². The average molecular weight is 1100 g/mol. The van der Waals surface area contributed by atoms with E-state index in [0.29, 0.717) is 107 Å². The van der Waals surface area contributed by atoms with E-state index in [-0.39, 0.29) is 56.5 Å². The molecule has 0 unspecified atom stereocenters. The van der Waals surface area contributed by atoms with Crippen molar-refractivity contribution in [1.82, 2.24) is 31.1 Å². The van der Waals surface area contributed by atoms with Crippen LogP contribution < -0.4 is 40.2 Å². The van der Waals surface area contributed by atoms with E-state index in [9.17, 15) is 19.2 Å². The highest BCUT2D eigenvalue weighted by Gasteiger charge is 2.24. The highest BCUT2D eigenvalue weighted by molar-refractivity contribution is 5.79. The van der Waals surface area contributed by atoms with Crippen LogP contribution in [0.3, 0.4) is 0 Å². The third-order valence-corrected chi connectivity index (χ3v) is 12.9. The predicted octanol–water partition coefficient (Wildman–Crippen LogP) is 8.95.